The molecule has 1 saturated carbocycles. The standard InChI is InChI=1S/C20H33N/c1-8-21-17(18-19(4,5)20(18,6)7)16-11-9-10-15(13-16)12-14(2)3/h9-11,13-14,17-18,21H,8,12H2,1-7H3. The second-order valence-electron chi connectivity index (χ2n) is 8.30. The maximum absolute atomic E-state index is 3.75. The van der Waals surface area contributed by atoms with Crippen molar-refractivity contribution in [2.45, 2.75) is 60.9 Å². The Morgan fingerprint density at radius 1 is 1.10 bits per heavy atom. The summed E-state index contributed by atoms with van der Waals surface area (Å²) in [6.07, 6.45) is 1.17. The molecule has 0 saturated heterocycles. The van der Waals surface area contributed by atoms with Gasteiger partial charge in [0.2, 0.25) is 0 Å². The van der Waals surface area contributed by atoms with Gasteiger partial charge in [-0.25, -0.2) is 0 Å². The molecule has 1 fully saturated rings. The normalized spacial score (nSPS) is 21.5. The molecule has 0 radical (unpaired) electrons. The molecule has 0 aromatic heterocycles. The molecule has 1 nitrogen and oxygen atoms in total. The summed E-state index contributed by atoms with van der Waals surface area (Å²) in [5.41, 5.74) is 3.77. The van der Waals surface area contributed by atoms with Crippen LogP contribution in [0, 0.1) is 22.7 Å². The molecule has 0 bridgehead atoms. The summed E-state index contributed by atoms with van der Waals surface area (Å²) in [5.74, 6) is 1.42. The zero-order valence-electron chi connectivity index (χ0n) is 15.0. The van der Waals surface area contributed by atoms with Crippen LogP contribution in [0.3, 0.4) is 0 Å². The van der Waals surface area contributed by atoms with E-state index in [-0.39, 0.29) is 0 Å². The van der Waals surface area contributed by atoms with Crippen LogP contribution in [-0.2, 0) is 6.42 Å². The molecular formula is C20H33N. The predicted octanol–water partition coefficient (Wildman–Crippen LogP) is 5.22. The summed E-state index contributed by atoms with van der Waals surface area (Å²) in [6.45, 7) is 17.5. The van der Waals surface area contributed by atoms with E-state index in [0.717, 1.165) is 6.54 Å². The molecule has 21 heavy (non-hydrogen) atoms. The number of nitrogens with one attached hydrogen (secondary N) is 1. The summed E-state index contributed by atoms with van der Waals surface area (Å²) in [7, 11) is 0. The summed E-state index contributed by atoms with van der Waals surface area (Å²) in [4.78, 5) is 0. The van der Waals surface area contributed by atoms with Crippen LogP contribution in [0.2, 0.25) is 0 Å². The third kappa shape index (κ3) is 3.04. The molecule has 0 heterocycles. The van der Waals surface area contributed by atoms with Gasteiger partial charge < -0.3 is 5.32 Å². The van der Waals surface area contributed by atoms with Crippen molar-refractivity contribution in [3.8, 4) is 0 Å². The van der Waals surface area contributed by atoms with Crippen LogP contribution in [-0.4, -0.2) is 6.54 Å². The van der Waals surface area contributed by atoms with Crippen LogP contribution in [0.25, 0.3) is 0 Å². The van der Waals surface area contributed by atoms with Crippen LogP contribution in [0.5, 0.6) is 0 Å². The molecule has 1 N–H and O–H groups in total. The highest BCUT2D eigenvalue weighted by Gasteiger charge is 2.67. The number of rotatable bonds is 6. The maximum atomic E-state index is 3.75. The van der Waals surface area contributed by atoms with Gasteiger partial charge in [-0.05, 0) is 46.8 Å². The Bertz CT molecular complexity index is 470. The van der Waals surface area contributed by atoms with E-state index in [1.165, 1.54) is 17.5 Å². The lowest BCUT2D eigenvalue weighted by Crippen LogP contribution is -2.25. The van der Waals surface area contributed by atoms with Crippen molar-refractivity contribution < 1.29 is 0 Å². The lowest BCUT2D eigenvalue weighted by Gasteiger charge is -2.22. The van der Waals surface area contributed by atoms with Gasteiger partial charge in [-0.1, -0.05) is 72.7 Å². The van der Waals surface area contributed by atoms with Gasteiger partial charge >= 0.3 is 0 Å². The minimum atomic E-state index is 0.411. The topological polar surface area (TPSA) is 12.0 Å². The molecule has 1 unspecified atom stereocenters. The first-order valence-corrected chi connectivity index (χ1v) is 8.54. The summed E-state index contributed by atoms with van der Waals surface area (Å²) in [5, 5.41) is 3.75. The minimum absolute atomic E-state index is 0.411. The molecule has 1 aromatic rings. The molecular weight excluding hydrogens is 254 g/mol. The van der Waals surface area contributed by atoms with Crippen LogP contribution < -0.4 is 5.32 Å². The van der Waals surface area contributed by atoms with E-state index < -0.39 is 0 Å². The van der Waals surface area contributed by atoms with E-state index in [0.29, 0.717) is 28.7 Å². The zero-order chi connectivity index (χ0) is 15.8. The van der Waals surface area contributed by atoms with Gasteiger partial charge in [0.25, 0.3) is 0 Å². The van der Waals surface area contributed by atoms with Gasteiger partial charge in [0.1, 0.15) is 0 Å². The fourth-order valence-corrected chi connectivity index (χ4v) is 4.11. The second kappa shape index (κ2) is 5.76. The van der Waals surface area contributed by atoms with Crippen LogP contribution in [0.1, 0.15) is 65.6 Å². The van der Waals surface area contributed by atoms with E-state index >= 15 is 0 Å². The first-order valence-electron chi connectivity index (χ1n) is 8.54. The molecule has 1 heteroatoms. The Morgan fingerprint density at radius 3 is 2.19 bits per heavy atom. The van der Waals surface area contributed by atoms with Crippen LogP contribution in [0.15, 0.2) is 24.3 Å². The average molecular weight is 287 g/mol. The highest BCUT2D eigenvalue weighted by atomic mass is 15.0. The van der Waals surface area contributed by atoms with Gasteiger partial charge in [-0.15, -0.1) is 0 Å². The number of hydrogen-bond acceptors (Lipinski definition) is 1. The lowest BCUT2D eigenvalue weighted by molar-refractivity contribution is 0.418. The van der Waals surface area contributed by atoms with Gasteiger partial charge in [-0.3, -0.25) is 0 Å². The lowest BCUT2D eigenvalue weighted by atomic mass is 9.93. The van der Waals surface area contributed by atoms with Crippen molar-refractivity contribution in [3.63, 3.8) is 0 Å². The van der Waals surface area contributed by atoms with Crippen molar-refractivity contribution in [2.24, 2.45) is 22.7 Å². The molecule has 2 rings (SSSR count). The first-order chi connectivity index (χ1) is 9.71. The molecule has 1 aromatic carbocycles. The van der Waals surface area contributed by atoms with Gasteiger partial charge in [0, 0.05) is 6.04 Å². The average Bonchev–Trinajstić information content (AvgIpc) is 2.77. The Morgan fingerprint density at radius 2 is 1.71 bits per heavy atom. The van der Waals surface area contributed by atoms with Crippen LogP contribution >= 0.6 is 0 Å². The summed E-state index contributed by atoms with van der Waals surface area (Å²) < 4.78 is 0. The van der Waals surface area contributed by atoms with E-state index in [2.05, 4.69) is 78.0 Å². The maximum Gasteiger partial charge on any atom is 0.0359 e. The Balaban J connectivity index is 2.28. The quantitative estimate of drug-likeness (QED) is 0.756. The predicted molar refractivity (Wildman–Crippen MR) is 92.5 cm³/mol. The third-order valence-electron chi connectivity index (χ3n) is 5.84. The monoisotopic (exact) mass is 287 g/mol. The molecule has 118 valence electrons. The van der Waals surface area contributed by atoms with Gasteiger partial charge in [0.15, 0.2) is 0 Å². The van der Waals surface area contributed by atoms with Gasteiger partial charge in [-0.2, -0.15) is 0 Å². The highest BCUT2D eigenvalue weighted by Crippen LogP contribution is 2.72. The highest BCUT2D eigenvalue weighted by molar-refractivity contribution is 5.31. The van der Waals surface area contributed by atoms with Crippen molar-refractivity contribution in [3.05, 3.63) is 35.4 Å². The summed E-state index contributed by atoms with van der Waals surface area (Å²) >= 11 is 0. The fraction of sp³-hybridized carbons (Fsp3) is 0.700. The number of benzene rings is 1. The van der Waals surface area contributed by atoms with Crippen molar-refractivity contribution in [2.75, 3.05) is 6.54 Å². The molecule has 0 amide bonds. The summed E-state index contributed by atoms with van der Waals surface area (Å²) in [6, 6.07) is 9.72. The van der Waals surface area contributed by atoms with E-state index in [1.807, 2.05) is 0 Å². The van der Waals surface area contributed by atoms with Crippen LogP contribution in [0.4, 0.5) is 0 Å². The van der Waals surface area contributed by atoms with E-state index in [1.54, 1.807) is 0 Å². The smallest absolute Gasteiger partial charge is 0.0359 e. The zero-order valence-corrected chi connectivity index (χ0v) is 15.0. The minimum Gasteiger partial charge on any atom is -0.310 e. The van der Waals surface area contributed by atoms with Crippen molar-refractivity contribution in [1.29, 1.82) is 0 Å². The number of hydrogen-bond donors (Lipinski definition) is 1. The second-order valence-corrected chi connectivity index (χ2v) is 8.30. The molecule has 1 aliphatic carbocycles. The molecule has 0 aliphatic heterocycles. The largest absolute Gasteiger partial charge is 0.310 e. The Hall–Kier alpha value is -0.820. The third-order valence-corrected chi connectivity index (χ3v) is 5.84. The Labute approximate surface area is 131 Å². The van der Waals surface area contributed by atoms with Crippen molar-refractivity contribution in [1.82, 2.24) is 5.32 Å². The molecule has 0 spiro atoms. The van der Waals surface area contributed by atoms with E-state index in [4.69, 9.17) is 0 Å². The fourth-order valence-electron chi connectivity index (χ4n) is 4.11. The van der Waals surface area contributed by atoms with E-state index in [9.17, 15) is 0 Å². The Kier molecular flexibility index (Phi) is 4.54. The van der Waals surface area contributed by atoms with Crippen molar-refractivity contribution >= 4 is 0 Å². The first kappa shape index (κ1) is 16.5. The van der Waals surface area contributed by atoms with Gasteiger partial charge in [0.05, 0.1) is 0 Å². The molecule has 1 aliphatic rings. The molecule has 1 atom stereocenters. The SMILES string of the molecule is CCNC(c1cccc(CC(C)C)c1)C1C(C)(C)C1(C)C.